The van der Waals surface area contributed by atoms with Gasteiger partial charge in [-0.3, -0.25) is 4.79 Å². The zero-order valence-electron chi connectivity index (χ0n) is 16.1. The summed E-state index contributed by atoms with van der Waals surface area (Å²) in [5, 5.41) is 7.39. The number of primary sulfonamides is 1. The van der Waals surface area contributed by atoms with Crippen LogP contribution in [0.5, 0.6) is 0 Å². The molecule has 2 heterocycles. The van der Waals surface area contributed by atoms with Gasteiger partial charge in [-0.25, -0.2) is 31.9 Å². The summed E-state index contributed by atoms with van der Waals surface area (Å²) >= 11 is 11.3. The van der Waals surface area contributed by atoms with Crippen LogP contribution in [0.4, 0.5) is 17.3 Å². The Morgan fingerprint density at radius 2 is 1.73 bits per heavy atom. The van der Waals surface area contributed by atoms with Crippen LogP contribution in [0, 0.1) is 0 Å². The van der Waals surface area contributed by atoms with Crippen LogP contribution in [0.3, 0.4) is 0 Å². The third-order valence-electron chi connectivity index (χ3n) is 3.51. The number of guanidine groups is 1. The first-order chi connectivity index (χ1) is 14.6. The largest absolute Gasteiger partial charge is 0.382 e. The first-order valence-electron chi connectivity index (χ1n) is 7.95. The molecule has 3 rings (SSSR count). The van der Waals surface area contributed by atoms with Gasteiger partial charge in [0, 0.05) is 0 Å². The number of nitrogen functional groups attached to an aromatic ring is 2. The van der Waals surface area contributed by atoms with Crippen molar-refractivity contribution in [3.05, 3.63) is 28.0 Å². The van der Waals surface area contributed by atoms with Crippen molar-refractivity contribution in [3.63, 3.8) is 0 Å². The third kappa shape index (κ3) is 6.90. The van der Waals surface area contributed by atoms with E-state index in [1.807, 2.05) is 0 Å². The van der Waals surface area contributed by atoms with Crippen molar-refractivity contribution in [2.75, 3.05) is 23.5 Å². The van der Waals surface area contributed by atoms with Gasteiger partial charge in [0.1, 0.15) is 9.79 Å². The van der Waals surface area contributed by atoms with E-state index in [4.69, 9.17) is 51.3 Å². The van der Waals surface area contributed by atoms with E-state index in [2.05, 4.69) is 25.0 Å². The fourth-order valence-corrected chi connectivity index (χ4v) is 4.60. The van der Waals surface area contributed by atoms with E-state index in [0.29, 0.717) is 0 Å². The van der Waals surface area contributed by atoms with Gasteiger partial charge in [0.05, 0.1) is 17.4 Å². The molecule has 15 nitrogen and oxygen atoms in total. The standard InChI is InChI=1S/C7H8ClN3O4S2.C6H8ClN7O.ClH/c8-4-1-5-7(2-6(4)16(9,12)13)17(14,15)11-3-10-5;7-2-4(9)13-3(8)1(12-2)5(15)14-6(10)11;/h1-2,10-11H,3H2,(H2,9,12,13);(H4,8,9,13)(H4,10,11,14,15);1H. The number of nitrogens with zero attached hydrogens (tertiary/aromatic N) is 3. The van der Waals surface area contributed by atoms with Crippen molar-refractivity contribution in [1.82, 2.24) is 14.7 Å². The van der Waals surface area contributed by atoms with E-state index in [9.17, 15) is 21.6 Å². The fraction of sp³-hybridized carbons (Fsp3) is 0.0769. The second-order valence-corrected chi connectivity index (χ2v) is 9.83. The summed E-state index contributed by atoms with van der Waals surface area (Å²) in [7, 11) is -7.80. The topological polar surface area (TPSA) is 278 Å². The number of aliphatic imine (C=N–C) groups is 1. The first-order valence-corrected chi connectivity index (χ1v) is 11.7. The van der Waals surface area contributed by atoms with Gasteiger partial charge in [0.2, 0.25) is 20.0 Å². The molecule has 0 fully saturated rings. The van der Waals surface area contributed by atoms with Crippen molar-refractivity contribution >= 4 is 84.8 Å². The Labute approximate surface area is 203 Å². The number of carbonyl (C=O) groups is 1. The average molecular weight is 564 g/mol. The molecule has 0 saturated heterocycles. The predicted molar refractivity (Wildman–Crippen MR) is 125 cm³/mol. The molecule has 182 valence electrons. The van der Waals surface area contributed by atoms with Gasteiger partial charge in [-0.2, -0.15) is 9.71 Å². The number of anilines is 3. The highest BCUT2D eigenvalue weighted by atomic mass is 35.5. The average Bonchev–Trinajstić information content (AvgIpc) is 2.63. The SMILES string of the molecule is Cl.NC(N)=NC(=O)c1nc(Cl)c(N)nc1N.NS(=O)(=O)c1cc2c(cc1Cl)NCNS2(=O)=O. The van der Waals surface area contributed by atoms with Crippen molar-refractivity contribution in [2.45, 2.75) is 9.79 Å². The summed E-state index contributed by atoms with van der Waals surface area (Å²) in [6.45, 7) is 0.0143. The summed E-state index contributed by atoms with van der Waals surface area (Å²) in [5.41, 5.74) is 20.7. The molecule has 1 aromatic heterocycles. The van der Waals surface area contributed by atoms with Gasteiger partial charge in [0.25, 0.3) is 0 Å². The smallest absolute Gasteiger partial charge is 0.302 e. The maximum Gasteiger partial charge on any atom is 0.302 e. The van der Waals surface area contributed by atoms with Crippen molar-refractivity contribution in [3.8, 4) is 0 Å². The highest BCUT2D eigenvalue weighted by Crippen LogP contribution is 2.32. The highest BCUT2D eigenvalue weighted by molar-refractivity contribution is 7.90. The van der Waals surface area contributed by atoms with Gasteiger partial charge in [-0.1, -0.05) is 23.2 Å². The Hall–Kier alpha value is -2.67. The molecule has 1 aliphatic rings. The number of sulfonamides is 2. The molecule has 0 radical (unpaired) electrons. The molecule has 0 saturated carbocycles. The summed E-state index contributed by atoms with van der Waals surface area (Å²) in [6.07, 6.45) is 0. The van der Waals surface area contributed by atoms with Crippen molar-refractivity contribution in [1.29, 1.82) is 0 Å². The van der Waals surface area contributed by atoms with Gasteiger partial charge < -0.3 is 28.3 Å². The van der Waals surface area contributed by atoms with Crippen LogP contribution in [-0.4, -0.2) is 45.3 Å². The Morgan fingerprint density at radius 3 is 2.27 bits per heavy atom. The first kappa shape index (κ1) is 28.4. The van der Waals surface area contributed by atoms with Gasteiger partial charge in [-0.15, -0.1) is 12.4 Å². The molecule has 0 atom stereocenters. The Bertz CT molecular complexity index is 1330. The number of rotatable bonds is 2. The van der Waals surface area contributed by atoms with Gasteiger partial charge in [-0.05, 0) is 12.1 Å². The monoisotopic (exact) mass is 562 g/mol. The number of hydrogen-bond donors (Lipinski definition) is 7. The molecule has 12 N–H and O–H groups in total. The predicted octanol–water partition coefficient (Wildman–Crippen LogP) is -1.22. The maximum atomic E-state index is 11.6. The minimum Gasteiger partial charge on any atom is -0.382 e. The molecule has 33 heavy (non-hydrogen) atoms. The molecule has 1 aliphatic heterocycles. The summed E-state index contributed by atoms with van der Waals surface area (Å²) < 4.78 is 47.9. The molecule has 1 amide bonds. The maximum absolute atomic E-state index is 11.6. The number of fused-ring (bicyclic) bond motifs is 1. The molecule has 0 unspecified atom stereocenters. The van der Waals surface area contributed by atoms with Crippen LogP contribution in [0.2, 0.25) is 10.2 Å². The van der Waals surface area contributed by atoms with E-state index in [0.717, 1.165) is 6.07 Å². The summed E-state index contributed by atoms with van der Waals surface area (Å²) in [4.78, 5) is 21.1. The van der Waals surface area contributed by atoms with E-state index >= 15 is 0 Å². The minimum atomic E-state index is -4.07. The number of halogens is 3. The summed E-state index contributed by atoms with van der Waals surface area (Å²) in [5.74, 6) is -1.50. The second kappa shape index (κ2) is 10.5. The fourth-order valence-electron chi connectivity index (χ4n) is 2.19. The number of hydrogen-bond acceptors (Lipinski definition) is 10. The quantitative estimate of drug-likeness (QED) is 0.167. The lowest BCUT2D eigenvalue weighted by atomic mass is 10.3. The van der Waals surface area contributed by atoms with E-state index in [1.165, 1.54) is 6.07 Å². The molecule has 20 heteroatoms. The van der Waals surface area contributed by atoms with Crippen LogP contribution in [0.25, 0.3) is 0 Å². The summed E-state index contributed by atoms with van der Waals surface area (Å²) in [6, 6.07) is 2.15. The van der Waals surface area contributed by atoms with Crippen LogP contribution >= 0.6 is 35.6 Å². The van der Waals surface area contributed by atoms with Crippen LogP contribution in [0.1, 0.15) is 10.5 Å². The molecule has 0 bridgehead atoms. The van der Waals surface area contributed by atoms with Gasteiger partial charge in [0.15, 0.2) is 28.4 Å². The minimum absolute atomic E-state index is 0. The van der Waals surface area contributed by atoms with Gasteiger partial charge >= 0.3 is 5.91 Å². The lowest BCUT2D eigenvalue weighted by molar-refractivity contribution is 0.0998. The van der Waals surface area contributed by atoms with Crippen molar-refractivity contribution < 1.29 is 21.6 Å². The van der Waals surface area contributed by atoms with Crippen LogP contribution < -0.4 is 38.1 Å². The number of nitrogens with one attached hydrogen (secondary N) is 2. The zero-order valence-corrected chi connectivity index (χ0v) is 20.1. The number of carbonyl (C=O) groups excluding carboxylic acids is 1. The molecule has 0 aliphatic carbocycles. The normalized spacial score (nSPS) is 13.8. The number of benzene rings is 1. The van der Waals surface area contributed by atoms with Crippen LogP contribution in [0.15, 0.2) is 26.9 Å². The molecule has 0 spiro atoms. The zero-order chi connectivity index (χ0) is 24.4. The lowest BCUT2D eigenvalue weighted by Gasteiger charge is -2.20. The third-order valence-corrected chi connectivity index (χ3v) is 6.60. The molecule has 1 aromatic carbocycles. The Balaban J connectivity index is 0.000000323. The molecule has 2 aromatic rings. The lowest BCUT2D eigenvalue weighted by Crippen LogP contribution is -2.34. The molecular formula is C13H17Cl3N10O5S2. The van der Waals surface area contributed by atoms with Crippen molar-refractivity contribution in [2.24, 2.45) is 21.6 Å². The highest BCUT2D eigenvalue weighted by Gasteiger charge is 2.27. The van der Waals surface area contributed by atoms with E-state index < -0.39 is 36.8 Å². The van der Waals surface area contributed by atoms with Crippen LogP contribution in [-0.2, 0) is 20.0 Å². The van der Waals surface area contributed by atoms with E-state index in [1.54, 1.807) is 0 Å². The van der Waals surface area contributed by atoms with E-state index in [-0.39, 0.29) is 57.2 Å². The number of amides is 1. The Morgan fingerprint density at radius 1 is 1.12 bits per heavy atom. The molecular weight excluding hydrogens is 547 g/mol. The number of nitrogens with two attached hydrogens (primary N) is 5. The Kier molecular flexibility index (Phi) is 9.03. The number of aromatic nitrogens is 2. The second-order valence-electron chi connectivity index (χ2n) is 5.80.